The molecule has 0 saturated heterocycles. The summed E-state index contributed by atoms with van der Waals surface area (Å²) < 4.78 is 13.6. The van der Waals surface area contributed by atoms with Gasteiger partial charge < -0.3 is 9.47 Å². The summed E-state index contributed by atoms with van der Waals surface area (Å²) in [7, 11) is 0. The van der Waals surface area contributed by atoms with Crippen molar-refractivity contribution in [2.75, 3.05) is 0 Å². The maximum Gasteiger partial charge on any atom is 0.356 e. The Morgan fingerprint density at radius 3 is 2.18 bits per heavy atom. The molecule has 0 aliphatic rings. The predicted molar refractivity (Wildman–Crippen MR) is 131 cm³/mol. The minimum Gasteiger partial charge on any atom is -0.476 e. The van der Waals surface area contributed by atoms with Gasteiger partial charge in [0.15, 0.2) is 0 Å². The van der Waals surface area contributed by atoms with Crippen LogP contribution in [0.1, 0.15) is 19.5 Å². The van der Waals surface area contributed by atoms with Gasteiger partial charge in [-0.15, -0.1) is 0 Å². The van der Waals surface area contributed by atoms with Crippen LogP contribution < -0.4 is 9.47 Å². The van der Waals surface area contributed by atoms with Gasteiger partial charge in [-0.25, -0.2) is 4.79 Å². The molecule has 0 unspecified atom stereocenters. The number of esters is 1. The summed E-state index contributed by atoms with van der Waals surface area (Å²) in [6.07, 6.45) is 0. The first-order valence-electron chi connectivity index (χ1n) is 10.4. The second-order valence-corrected chi connectivity index (χ2v) is 9.36. The Morgan fingerprint density at radius 1 is 0.939 bits per heavy atom. The molecule has 0 saturated carbocycles. The van der Waals surface area contributed by atoms with Gasteiger partial charge in [-0.2, -0.15) is 9.78 Å². The SMILES string of the molecule is Cc1nn(-c2ccccc2)c(OC(=O)C(C)(C)Oc2ccc(Cl)cc2)c1Sc1ccccc1. The highest BCUT2D eigenvalue weighted by Gasteiger charge is 2.35. The van der Waals surface area contributed by atoms with Crippen molar-refractivity contribution in [3.8, 4) is 17.3 Å². The van der Waals surface area contributed by atoms with Crippen molar-refractivity contribution in [2.24, 2.45) is 0 Å². The van der Waals surface area contributed by atoms with Gasteiger partial charge in [0.05, 0.1) is 16.3 Å². The number of benzene rings is 3. The number of aryl methyl sites for hydroxylation is 1. The molecule has 0 atom stereocenters. The average Bonchev–Trinajstić information content (AvgIpc) is 3.11. The summed E-state index contributed by atoms with van der Waals surface area (Å²) in [5.41, 5.74) is 0.300. The summed E-state index contributed by atoms with van der Waals surface area (Å²) in [6.45, 7) is 5.24. The third-order valence-electron chi connectivity index (χ3n) is 4.80. The van der Waals surface area contributed by atoms with Gasteiger partial charge in [-0.1, -0.05) is 59.8 Å². The first-order valence-corrected chi connectivity index (χ1v) is 11.6. The lowest BCUT2D eigenvalue weighted by Gasteiger charge is -2.24. The molecule has 0 amide bonds. The van der Waals surface area contributed by atoms with Crippen LogP contribution >= 0.6 is 23.4 Å². The van der Waals surface area contributed by atoms with E-state index in [0.29, 0.717) is 16.7 Å². The standard InChI is InChI=1S/C26H23ClN2O3S/c1-18-23(33-22-12-8-5-9-13-22)24(29(28-18)20-10-6-4-7-11-20)31-25(30)26(2,3)32-21-16-14-19(27)15-17-21/h4-17H,1-3H3. The minimum atomic E-state index is -1.25. The van der Waals surface area contributed by atoms with Gasteiger partial charge >= 0.3 is 5.97 Å². The van der Waals surface area contributed by atoms with Crippen molar-refractivity contribution in [1.82, 2.24) is 9.78 Å². The van der Waals surface area contributed by atoms with Crippen LogP contribution in [0, 0.1) is 6.92 Å². The number of para-hydroxylation sites is 1. The van der Waals surface area contributed by atoms with E-state index in [-0.39, 0.29) is 0 Å². The van der Waals surface area contributed by atoms with Crippen LogP contribution in [-0.2, 0) is 4.79 Å². The number of carbonyl (C=O) groups is 1. The van der Waals surface area contributed by atoms with E-state index >= 15 is 0 Å². The summed E-state index contributed by atoms with van der Waals surface area (Å²) in [5.74, 6) is 0.336. The molecule has 0 aliphatic heterocycles. The molecule has 1 aromatic heterocycles. The minimum absolute atomic E-state index is 0.352. The quantitative estimate of drug-likeness (QED) is 0.275. The van der Waals surface area contributed by atoms with Gasteiger partial charge in [0.25, 0.3) is 0 Å². The molecule has 5 nitrogen and oxygen atoms in total. The van der Waals surface area contributed by atoms with Gasteiger partial charge in [-0.3, -0.25) is 0 Å². The zero-order valence-corrected chi connectivity index (χ0v) is 20.1. The third kappa shape index (κ3) is 5.41. The van der Waals surface area contributed by atoms with Crippen LogP contribution in [-0.4, -0.2) is 21.4 Å². The Labute approximate surface area is 202 Å². The molecular weight excluding hydrogens is 456 g/mol. The van der Waals surface area contributed by atoms with Crippen LogP contribution in [0.25, 0.3) is 5.69 Å². The molecular formula is C26H23ClN2O3S. The fraction of sp³-hybridized carbons (Fsp3) is 0.154. The normalized spacial score (nSPS) is 11.3. The van der Waals surface area contributed by atoms with Crippen molar-refractivity contribution < 1.29 is 14.3 Å². The molecule has 4 rings (SSSR count). The van der Waals surface area contributed by atoms with E-state index in [4.69, 9.17) is 21.1 Å². The molecule has 0 N–H and O–H groups in total. The number of hydrogen-bond donors (Lipinski definition) is 0. The number of halogens is 1. The molecule has 0 fully saturated rings. The lowest BCUT2D eigenvalue weighted by Crippen LogP contribution is -2.41. The Bertz CT molecular complexity index is 1240. The van der Waals surface area contributed by atoms with Crippen molar-refractivity contribution in [2.45, 2.75) is 36.2 Å². The van der Waals surface area contributed by atoms with E-state index in [1.54, 1.807) is 42.8 Å². The smallest absolute Gasteiger partial charge is 0.356 e. The number of rotatable bonds is 7. The molecule has 3 aromatic carbocycles. The molecule has 4 aromatic rings. The Kier molecular flexibility index (Phi) is 6.77. The molecule has 7 heteroatoms. The van der Waals surface area contributed by atoms with Crippen LogP contribution in [0.5, 0.6) is 11.6 Å². The first-order chi connectivity index (χ1) is 15.8. The Hall–Kier alpha value is -3.22. The van der Waals surface area contributed by atoms with E-state index in [1.165, 1.54) is 11.8 Å². The van der Waals surface area contributed by atoms with E-state index in [2.05, 4.69) is 5.10 Å². The number of carbonyl (C=O) groups excluding carboxylic acids is 1. The fourth-order valence-electron chi connectivity index (χ4n) is 3.10. The van der Waals surface area contributed by atoms with Crippen molar-refractivity contribution in [3.05, 3.63) is 95.6 Å². The summed E-state index contributed by atoms with van der Waals surface area (Å²) in [5, 5.41) is 5.26. The Morgan fingerprint density at radius 2 is 1.55 bits per heavy atom. The van der Waals surface area contributed by atoms with Crippen LogP contribution in [0.3, 0.4) is 0 Å². The monoisotopic (exact) mass is 478 g/mol. The lowest BCUT2D eigenvalue weighted by molar-refractivity contribution is -0.149. The number of ether oxygens (including phenoxy) is 2. The third-order valence-corrected chi connectivity index (χ3v) is 6.23. The molecule has 0 bridgehead atoms. The van der Waals surface area contributed by atoms with E-state index < -0.39 is 11.6 Å². The van der Waals surface area contributed by atoms with E-state index in [0.717, 1.165) is 21.2 Å². The van der Waals surface area contributed by atoms with E-state index in [1.807, 2.05) is 67.6 Å². The maximum atomic E-state index is 13.3. The second kappa shape index (κ2) is 9.73. The highest BCUT2D eigenvalue weighted by molar-refractivity contribution is 7.99. The van der Waals surface area contributed by atoms with Gasteiger partial charge in [0, 0.05) is 9.92 Å². The summed E-state index contributed by atoms with van der Waals surface area (Å²) in [4.78, 5) is 15.1. The topological polar surface area (TPSA) is 53.4 Å². The van der Waals surface area contributed by atoms with Crippen molar-refractivity contribution in [3.63, 3.8) is 0 Å². The molecule has 33 heavy (non-hydrogen) atoms. The predicted octanol–water partition coefficient (Wildman–Crippen LogP) is 6.75. The van der Waals surface area contributed by atoms with Crippen molar-refractivity contribution in [1.29, 1.82) is 0 Å². The highest BCUT2D eigenvalue weighted by atomic mass is 35.5. The lowest BCUT2D eigenvalue weighted by atomic mass is 10.1. The highest BCUT2D eigenvalue weighted by Crippen LogP contribution is 2.39. The Balaban J connectivity index is 1.68. The molecule has 0 aliphatic carbocycles. The van der Waals surface area contributed by atoms with Crippen LogP contribution in [0.15, 0.2) is 94.7 Å². The van der Waals surface area contributed by atoms with Crippen LogP contribution in [0.2, 0.25) is 5.02 Å². The molecule has 0 radical (unpaired) electrons. The number of hydrogen-bond acceptors (Lipinski definition) is 5. The van der Waals surface area contributed by atoms with E-state index in [9.17, 15) is 4.79 Å². The maximum absolute atomic E-state index is 13.3. The number of aromatic nitrogens is 2. The first kappa shape index (κ1) is 23.0. The molecule has 0 spiro atoms. The van der Waals surface area contributed by atoms with Gasteiger partial charge in [0.1, 0.15) is 5.75 Å². The zero-order valence-electron chi connectivity index (χ0n) is 18.5. The van der Waals surface area contributed by atoms with Gasteiger partial charge in [0.2, 0.25) is 11.5 Å². The summed E-state index contributed by atoms with van der Waals surface area (Å²) in [6, 6.07) is 26.3. The van der Waals surface area contributed by atoms with Gasteiger partial charge in [-0.05, 0) is 69.3 Å². The average molecular weight is 479 g/mol. The number of nitrogens with zero attached hydrogens (tertiary/aromatic N) is 2. The second-order valence-electron chi connectivity index (χ2n) is 7.84. The molecule has 168 valence electrons. The van der Waals surface area contributed by atoms with Crippen molar-refractivity contribution >= 4 is 29.3 Å². The largest absolute Gasteiger partial charge is 0.476 e. The van der Waals surface area contributed by atoms with Crippen LogP contribution in [0.4, 0.5) is 0 Å². The zero-order chi connectivity index (χ0) is 23.4. The molecule has 1 heterocycles. The summed E-state index contributed by atoms with van der Waals surface area (Å²) >= 11 is 7.45. The fourth-order valence-corrected chi connectivity index (χ4v) is 4.16.